The van der Waals surface area contributed by atoms with Gasteiger partial charge in [0.05, 0.1) is 18.1 Å². The first-order valence-electron chi connectivity index (χ1n) is 7.99. The molecule has 0 saturated heterocycles. The van der Waals surface area contributed by atoms with Crippen LogP contribution in [0.5, 0.6) is 0 Å². The molecule has 2 aromatic carbocycles. The first kappa shape index (κ1) is 17.0. The van der Waals surface area contributed by atoms with Gasteiger partial charge in [-0.15, -0.1) is 0 Å². The van der Waals surface area contributed by atoms with Gasteiger partial charge in [-0.3, -0.25) is 0 Å². The predicted molar refractivity (Wildman–Crippen MR) is 88.7 cm³/mol. The lowest BCUT2D eigenvalue weighted by molar-refractivity contribution is -0.310. The highest BCUT2D eigenvalue weighted by Crippen LogP contribution is 2.44. The van der Waals surface area contributed by atoms with E-state index in [-0.39, 0.29) is 12.5 Å². The molecule has 130 valence electrons. The van der Waals surface area contributed by atoms with Crippen LogP contribution in [0.2, 0.25) is 0 Å². The van der Waals surface area contributed by atoms with E-state index in [0.29, 0.717) is 0 Å². The van der Waals surface area contributed by atoms with Crippen LogP contribution in [0.25, 0.3) is 11.1 Å². The number of amides is 1. The number of ether oxygens (including phenoxy) is 1. The summed E-state index contributed by atoms with van der Waals surface area (Å²) < 4.78 is 5.22. The molecule has 2 N–H and O–H groups in total. The van der Waals surface area contributed by atoms with Crippen molar-refractivity contribution in [2.45, 2.75) is 25.0 Å². The third-order valence-corrected chi connectivity index (χ3v) is 4.35. The molecule has 3 rings (SSSR count). The topological polar surface area (TPSA) is 98.7 Å². The van der Waals surface area contributed by atoms with Crippen LogP contribution in [0.15, 0.2) is 48.5 Å². The van der Waals surface area contributed by atoms with Crippen molar-refractivity contribution >= 4 is 12.1 Å². The van der Waals surface area contributed by atoms with Crippen LogP contribution in [0.4, 0.5) is 4.79 Å². The highest BCUT2D eigenvalue weighted by Gasteiger charge is 2.29. The monoisotopic (exact) mass is 340 g/mol. The van der Waals surface area contributed by atoms with Gasteiger partial charge in [0.1, 0.15) is 6.61 Å². The van der Waals surface area contributed by atoms with Crippen molar-refractivity contribution in [1.29, 1.82) is 0 Å². The van der Waals surface area contributed by atoms with Gasteiger partial charge < -0.3 is 25.1 Å². The van der Waals surface area contributed by atoms with Crippen LogP contribution >= 0.6 is 0 Å². The number of fused-ring (bicyclic) bond motifs is 3. The van der Waals surface area contributed by atoms with Gasteiger partial charge in [-0.05, 0) is 29.2 Å². The van der Waals surface area contributed by atoms with E-state index < -0.39 is 24.2 Å². The molecule has 0 heterocycles. The Kier molecular flexibility index (Phi) is 4.72. The van der Waals surface area contributed by atoms with Gasteiger partial charge in [-0.2, -0.15) is 0 Å². The second-order valence-corrected chi connectivity index (χ2v) is 6.01. The number of rotatable bonds is 5. The van der Waals surface area contributed by atoms with Crippen LogP contribution in [0.1, 0.15) is 24.0 Å². The smallest absolute Gasteiger partial charge is 0.407 e. The van der Waals surface area contributed by atoms with Crippen molar-refractivity contribution in [2.24, 2.45) is 0 Å². The number of aliphatic hydroxyl groups excluding tert-OH is 1. The fourth-order valence-corrected chi connectivity index (χ4v) is 3.14. The second-order valence-electron chi connectivity index (χ2n) is 6.01. The molecule has 0 saturated carbocycles. The van der Waals surface area contributed by atoms with Gasteiger partial charge in [0.25, 0.3) is 0 Å². The van der Waals surface area contributed by atoms with Crippen LogP contribution in [-0.4, -0.2) is 35.9 Å². The molecule has 0 fully saturated rings. The maximum absolute atomic E-state index is 11.9. The fraction of sp³-hybridized carbons (Fsp3) is 0.263. The van der Waals surface area contributed by atoms with Crippen molar-refractivity contribution in [1.82, 2.24) is 5.32 Å². The maximum Gasteiger partial charge on any atom is 0.407 e. The van der Waals surface area contributed by atoms with Crippen LogP contribution in [-0.2, 0) is 9.53 Å². The van der Waals surface area contributed by atoms with E-state index in [1.54, 1.807) is 0 Å². The third kappa shape index (κ3) is 3.34. The Balaban J connectivity index is 1.73. The maximum atomic E-state index is 11.9. The van der Waals surface area contributed by atoms with Crippen LogP contribution in [0, 0.1) is 0 Å². The number of carboxylic acids is 1. The van der Waals surface area contributed by atoms with Crippen molar-refractivity contribution in [3.63, 3.8) is 0 Å². The normalized spacial score (nSPS) is 15.0. The molecule has 2 aromatic rings. The molecule has 0 bridgehead atoms. The number of hydrogen-bond donors (Lipinski definition) is 2. The average molecular weight is 340 g/mol. The van der Waals surface area contributed by atoms with E-state index in [1.165, 1.54) is 6.92 Å². The Labute approximate surface area is 145 Å². The van der Waals surface area contributed by atoms with Gasteiger partial charge in [-0.1, -0.05) is 48.5 Å². The van der Waals surface area contributed by atoms with Crippen LogP contribution in [0.3, 0.4) is 0 Å². The number of aliphatic hydroxyl groups is 1. The Morgan fingerprint density at radius 3 is 2.12 bits per heavy atom. The molecule has 0 spiro atoms. The van der Waals surface area contributed by atoms with Crippen molar-refractivity contribution in [2.75, 3.05) is 6.61 Å². The number of alkyl carbamates (subject to hydrolysis) is 1. The molecule has 0 aromatic heterocycles. The summed E-state index contributed by atoms with van der Waals surface area (Å²) in [4.78, 5) is 22.8. The minimum Gasteiger partial charge on any atom is -0.548 e. The number of aliphatic carboxylic acids is 1. The largest absolute Gasteiger partial charge is 0.548 e. The summed E-state index contributed by atoms with van der Waals surface area (Å²) in [7, 11) is 0. The zero-order chi connectivity index (χ0) is 18.0. The summed E-state index contributed by atoms with van der Waals surface area (Å²) in [6.45, 7) is 1.32. The number of nitrogens with one attached hydrogen (secondary N) is 1. The Hall–Kier alpha value is -2.86. The lowest BCUT2D eigenvalue weighted by Crippen LogP contribution is -2.53. The molecule has 6 heteroatoms. The molecule has 1 amide bonds. The van der Waals surface area contributed by atoms with Gasteiger partial charge >= 0.3 is 6.09 Å². The van der Waals surface area contributed by atoms with E-state index in [2.05, 4.69) is 5.32 Å². The number of carboxylic acid groups (broad SMARTS) is 1. The van der Waals surface area contributed by atoms with Gasteiger partial charge in [0.2, 0.25) is 0 Å². The van der Waals surface area contributed by atoms with Crippen LogP contribution < -0.4 is 10.4 Å². The van der Waals surface area contributed by atoms with E-state index >= 15 is 0 Å². The fourth-order valence-electron chi connectivity index (χ4n) is 3.14. The minimum absolute atomic E-state index is 0.0689. The standard InChI is InChI=1S/C19H19NO5/c1-11(21)17(18(22)23)20-19(24)25-10-16-14-8-4-2-6-12(14)13-7-3-5-9-15(13)16/h2-9,11,16-17,21H,10H2,1H3,(H,20,24)(H,22,23)/p-1/t11-,17-/m1/s1. The molecule has 1 aliphatic carbocycles. The van der Waals surface area contributed by atoms with E-state index in [1.807, 2.05) is 48.5 Å². The lowest BCUT2D eigenvalue weighted by atomic mass is 9.98. The molecule has 0 aliphatic heterocycles. The summed E-state index contributed by atoms with van der Waals surface area (Å²) in [5, 5.41) is 22.4. The number of benzene rings is 2. The Morgan fingerprint density at radius 2 is 1.64 bits per heavy atom. The second kappa shape index (κ2) is 6.94. The lowest BCUT2D eigenvalue weighted by Gasteiger charge is -2.22. The first-order chi connectivity index (χ1) is 12.0. The zero-order valence-electron chi connectivity index (χ0n) is 13.6. The predicted octanol–water partition coefficient (Wildman–Crippen LogP) is 1.02. The summed E-state index contributed by atoms with van der Waals surface area (Å²) in [6, 6.07) is 14.3. The number of carbonyl (C=O) groups is 2. The van der Waals surface area contributed by atoms with Gasteiger partial charge in [0.15, 0.2) is 0 Å². The summed E-state index contributed by atoms with van der Waals surface area (Å²) in [5.74, 6) is -1.69. The summed E-state index contributed by atoms with van der Waals surface area (Å²) in [5.41, 5.74) is 4.32. The molecular weight excluding hydrogens is 322 g/mol. The molecule has 0 unspecified atom stereocenters. The highest BCUT2D eigenvalue weighted by molar-refractivity contribution is 5.80. The van der Waals surface area contributed by atoms with E-state index in [4.69, 9.17) is 4.74 Å². The minimum atomic E-state index is -1.57. The van der Waals surface area contributed by atoms with Crippen molar-refractivity contribution in [3.8, 4) is 11.1 Å². The molecule has 2 atom stereocenters. The van der Waals surface area contributed by atoms with Gasteiger partial charge in [-0.25, -0.2) is 4.79 Å². The quantitative estimate of drug-likeness (QED) is 0.847. The van der Waals surface area contributed by atoms with Crippen molar-refractivity contribution in [3.05, 3.63) is 59.7 Å². The third-order valence-electron chi connectivity index (χ3n) is 4.35. The van der Waals surface area contributed by atoms with E-state index in [9.17, 15) is 19.8 Å². The SMILES string of the molecule is C[C@@H](O)[C@@H](NC(=O)OCC1c2ccccc2-c2ccccc21)C(=O)[O-]. The Morgan fingerprint density at radius 1 is 1.12 bits per heavy atom. The Bertz CT molecular complexity index is 756. The number of carbonyl (C=O) groups excluding carboxylic acids is 2. The first-order valence-corrected chi connectivity index (χ1v) is 7.99. The van der Waals surface area contributed by atoms with E-state index in [0.717, 1.165) is 22.3 Å². The highest BCUT2D eigenvalue weighted by atomic mass is 16.5. The molecule has 6 nitrogen and oxygen atoms in total. The molecule has 1 aliphatic rings. The summed E-state index contributed by atoms with van der Waals surface area (Å²) >= 11 is 0. The van der Waals surface area contributed by atoms with Crippen molar-refractivity contribution < 1.29 is 24.5 Å². The zero-order valence-corrected chi connectivity index (χ0v) is 13.6. The summed E-state index contributed by atoms with van der Waals surface area (Å²) in [6.07, 6.45) is -2.19. The molecular formula is C19H18NO5-. The number of hydrogen-bond acceptors (Lipinski definition) is 5. The molecule has 0 radical (unpaired) electrons. The van der Waals surface area contributed by atoms with Gasteiger partial charge in [0, 0.05) is 5.92 Å². The molecule has 25 heavy (non-hydrogen) atoms. The average Bonchev–Trinajstić information content (AvgIpc) is 2.91.